The SMILES string of the molecule is N#CCC(c1cccc(NC(=O)OC(=O)C(F)(F)F)c1)n1cc(-c2ncnc3[nH]ccc23)cn1. The number of amides is 1. The maximum Gasteiger partial charge on any atom is 0.491 e. The number of anilines is 1. The summed E-state index contributed by atoms with van der Waals surface area (Å²) in [5.41, 5.74) is 2.57. The van der Waals surface area contributed by atoms with Crippen molar-refractivity contribution in [2.45, 2.75) is 18.6 Å². The number of aromatic nitrogens is 5. The fraction of sp³-hybridized carbons (Fsp3) is 0.143. The van der Waals surface area contributed by atoms with Crippen molar-refractivity contribution < 1.29 is 27.5 Å². The normalized spacial score (nSPS) is 12.2. The minimum absolute atomic E-state index is 0.00488. The number of benzene rings is 1. The molecular formula is C21H14F3N7O3. The van der Waals surface area contributed by atoms with Crippen molar-refractivity contribution in [3.63, 3.8) is 0 Å². The molecule has 0 aliphatic heterocycles. The zero-order valence-electron chi connectivity index (χ0n) is 17.1. The van der Waals surface area contributed by atoms with Crippen molar-refractivity contribution >= 4 is 28.8 Å². The van der Waals surface area contributed by atoms with Crippen molar-refractivity contribution in [3.8, 4) is 17.3 Å². The summed E-state index contributed by atoms with van der Waals surface area (Å²) in [6.07, 6.45) is -0.450. The molecule has 0 aliphatic carbocycles. The number of esters is 1. The van der Waals surface area contributed by atoms with Crippen LogP contribution >= 0.6 is 0 Å². The number of alkyl halides is 3. The molecule has 0 saturated carbocycles. The first-order valence-electron chi connectivity index (χ1n) is 9.66. The second-order valence-corrected chi connectivity index (χ2v) is 6.97. The molecule has 0 saturated heterocycles. The molecule has 34 heavy (non-hydrogen) atoms. The van der Waals surface area contributed by atoms with Gasteiger partial charge in [-0.25, -0.2) is 19.6 Å². The number of carbonyl (C=O) groups excluding carboxylic acids is 2. The van der Waals surface area contributed by atoms with E-state index in [9.17, 15) is 28.0 Å². The highest BCUT2D eigenvalue weighted by atomic mass is 19.4. The summed E-state index contributed by atoms with van der Waals surface area (Å²) < 4.78 is 42.1. The average molecular weight is 469 g/mol. The minimum Gasteiger partial charge on any atom is -0.369 e. The lowest BCUT2D eigenvalue weighted by Crippen LogP contribution is -2.30. The zero-order chi connectivity index (χ0) is 24.3. The molecular weight excluding hydrogens is 455 g/mol. The van der Waals surface area contributed by atoms with Crippen LogP contribution in [0.15, 0.2) is 55.2 Å². The van der Waals surface area contributed by atoms with E-state index in [1.807, 2.05) is 6.07 Å². The first-order valence-corrected chi connectivity index (χ1v) is 9.66. The number of ether oxygens (including phenoxy) is 1. The van der Waals surface area contributed by atoms with E-state index >= 15 is 0 Å². The molecule has 3 heterocycles. The van der Waals surface area contributed by atoms with Gasteiger partial charge in [0, 0.05) is 29.0 Å². The number of H-pyrrole nitrogens is 1. The third-order valence-electron chi connectivity index (χ3n) is 4.77. The van der Waals surface area contributed by atoms with Crippen LogP contribution in [0.4, 0.5) is 23.7 Å². The Morgan fingerprint density at radius 2 is 2.09 bits per heavy atom. The first-order chi connectivity index (χ1) is 16.3. The lowest BCUT2D eigenvalue weighted by molar-refractivity contribution is -0.192. The van der Waals surface area contributed by atoms with Crippen LogP contribution in [-0.4, -0.2) is 43.0 Å². The van der Waals surface area contributed by atoms with Crippen molar-refractivity contribution in [3.05, 3.63) is 60.8 Å². The van der Waals surface area contributed by atoms with E-state index in [4.69, 9.17) is 0 Å². The summed E-state index contributed by atoms with van der Waals surface area (Å²) in [5, 5.41) is 16.5. The summed E-state index contributed by atoms with van der Waals surface area (Å²) in [5.74, 6) is -2.63. The van der Waals surface area contributed by atoms with E-state index in [1.54, 1.807) is 29.3 Å². The molecule has 4 rings (SSSR count). The summed E-state index contributed by atoms with van der Waals surface area (Å²) in [6, 6.07) is 9.33. The number of nitrogens with one attached hydrogen (secondary N) is 2. The lowest BCUT2D eigenvalue weighted by Gasteiger charge is -2.16. The van der Waals surface area contributed by atoms with Gasteiger partial charge in [0.2, 0.25) is 0 Å². The van der Waals surface area contributed by atoms with Crippen molar-refractivity contribution in [1.82, 2.24) is 24.7 Å². The molecule has 0 aliphatic rings. The number of carbonyl (C=O) groups is 2. The van der Waals surface area contributed by atoms with Crippen LogP contribution in [-0.2, 0) is 9.53 Å². The Labute approximate surface area is 189 Å². The Kier molecular flexibility index (Phi) is 5.96. The van der Waals surface area contributed by atoms with Crippen molar-refractivity contribution in [1.29, 1.82) is 5.26 Å². The van der Waals surface area contributed by atoms with Crippen LogP contribution in [0, 0.1) is 11.3 Å². The topological polar surface area (TPSA) is 139 Å². The highest BCUT2D eigenvalue weighted by Crippen LogP contribution is 2.29. The second kappa shape index (κ2) is 9.02. The number of nitrogens with zero attached hydrogens (tertiary/aromatic N) is 5. The third-order valence-corrected chi connectivity index (χ3v) is 4.77. The fourth-order valence-electron chi connectivity index (χ4n) is 3.29. The largest absolute Gasteiger partial charge is 0.491 e. The minimum atomic E-state index is -5.30. The molecule has 0 bridgehead atoms. The predicted molar refractivity (Wildman–Crippen MR) is 111 cm³/mol. The molecule has 1 unspecified atom stereocenters. The van der Waals surface area contributed by atoms with E-state index in [-0.39, 0.29) is 12.1 Å². The molecule has 4 aromatic rings. The first kappa shape index (κ1) is 22.5. The molecule has 1 aromatic carbocycles. The van der Waals surface area contributed by atoms with Crippen LogP contribution in [0.5, 0.6) is 0 Å². The van der Waals surface area contributed by atoms with Gasteiger partial charge in [-0.05, 0) is 23.8 Å². The average Bonchev–Trinajstić information content (AvgIpc) is 3.46. The van der Waals surface area contributed by atoms with Gasteiger partial charge in [0.25, 0.3) is 0 Å². The number of rotatable bonds is 5. The van der Waals surface area contributed by atoms with E-state index in [0.29, 0.717) is 22.5 Å². The van der Waals surface area contributed by atoms with Crippen LogP contribution in [0.25, 0.3) is 22.3 Å². The number of halogens is 3. The molecule has 13 heteroatoms. The monoisotopic (exact) mass is 469 g/mol. The van der Waals surface area contributed by atoms with E-state index < -0.39 is 24.3 Å². The summed E-state index contributed by atoms with van der Waals surface area (Å²) in [4.78, 5) is 33.9. The van der Waals surface area contributed by atoms with Gasteiger partial charge in [-0.3, -0.25) is 10.00 Å². The van der Waals surface area contributed by atoms with E-state index in [2.05, 4.69) is 36.2 Å². The quantitative estimate of drug-likeness (QED) is 0.333. The van der Waals surface area contributed by atoms with Gasteiger partial charge in [0.15, 0.2) is 0 Å². The van der Waals surface area contributed by atoms with Crippen LogP contribution in [0.3, 0.4) is 0 Å². The molecule has 3 aromatic heterocycles. The maximum absolute atomic E-state index is 12.3. The molecule has 10 nitrogen and oxygen atoms in total. The Bertz CT molecular complexity index is 1400. The van der Waals surface area contributed by atoms with Gasteiger partial charge in [-0.15, -0.1) is 0 Å². The molecule has 0 radical (unpaired) electrons. The molecule has 0 fully saturated rings. The molecule has 1 atom stereocenters. The van der Waals surface area contributed by atoms with Crippen molar-refractivity contribution in [2.75, 3.05) is 5.32 Å². The predicted octanol–water partition coefficient (Wildman–Crippen LogP) is 3.96. The van der Waals surface area contributed by atoms with Crippen LogP contribution in [0.2, 0.25) is 0 Å². The standard InChI is InChI=1S/C21H14F3N7O3/c22-21(23,24)19(32)34-20(33)30-14-3-1-2-12(8-14)16(4-6-25)31-10-13(9-29-31)17-15-5-7-26-18(15)28-11-27-17/h1-3,5,7-11,16H,4H2,(H,30,33)(H,26,27,28). The summed E-state index contributed by atoms with van der Waals surface area (Å²) in [6.45, 7) is 0. The fourth-order valence-corrected chi connectivity index (χ4v) is 3.29. The lowest BCUT2D eigenvalue weighted by atomic mass is 10.0. The van der Waals surface area contributed by atoms with Crippen LogP contribution < -0.4 is 5.32 Å². The highest BCUT2D eigenvalue weighted by Gasteiger charge is 2.42. The molecule has 1 amide bonds. The number of hydrogen-bond donors (Lipinski definition) is 2. The number of hydrogen-bond acceptors (Lipinski definition) is 7. The Hall–Kier alpha value is -4.73. The van der Waals surface area contributed by atoms with Gasteiger partial charge in [0.05, 0.1) is 30.4 Å². The smallest absolute Gasteiger partial charge is 0.369 e. The maximum atomic E-state index is 12.3. The third kappa shape index (κ3) is 4.70. The van der Waals surface area contributed by atoms with Gasteiger partial charge in [-0.2, -0.15) is 23.5 Å². The Balaban J connectivity index is 1.58. The number of nitriles is 1. The Morgan fingerprint density at radius 1 is 1.26 bits per heavy atom. The van der Waals surface area contributed by atoms with Crippen molar-refractivity contribution in [2.24, 2.45) is 0 Å². The Morgan fingerprint density at radius 3 is 2.85 bits per heavy atom. The summed E-state index contributed by atoms with van der Waals surface area (Å²) in [7, 11) is 0. The highest BCUT2D eigenvalue weighted by molar-refractivity contribution is 5.94. The number of aromatic amines is 1. The van der Waals surface area contributed by atoms with Crippen LogP contribution in [0.1, 0.15) is 18.0 Å². The molecule has 172 valence electrons. The van der Waals surface area contributed by atoms with Gasteiger partial charge in [-0.1, -0.05) is 12.1 Å². The van der Waals surface area contributed by atoms with Gasteiger partial charge < -0.3 is 9.72 Å². The van der Waals surface area contributed by atoms with E-state index in [0.717, 1.165) is 5.39 Å². The van der Waals surface area contributed by atoms with Gasteiger partial charge >= 0.3 is 18.2 Å². The van der Waals surface area contributed by atoms with Gasteiger partial charge in [0.1, 0.15) is 12.0 Å². The molecule has 2 N–H and O–H groups in total. The summed E-state index contributed by atoms with van der Waals surface area (Å²) >= 11 is 0. The molecule has 0 spiro atoms. The second-order valence-electron chi connectivity index (χ2n) is 6.97. The zero-order valence-corrected chi connectivity index (χ0v) is 17.1. The number of fused-ring (bicyclic) bond motifs is 1. The van der Waals surface area contributed by atoms with E-state index in [1.165, 1.54) is 24.5 Å².